The first-order valence-corrected chi connectivity index (χ1v) is 4.25. The molecule has 0 unspecified atom stereocenters. The van der Waals surface area contributed by atoms with Crippen molar-refractivity contribution in [2.24, 2.45) is 0 Å². The number of esters is 1. The zero-order chi connectivity index (χ0) is 9.23. The molecule has 2 nitrogen and oxygen atoms in total. The van der Waals surface area contributed by atoms with Crippen LogP contribution in [0.15, 0.2) is 24.8 Å². The Labute approximate surface area is 73.9 Å². The third-order valence-electron chi connectivity index (χ3n) is 1.30. The second kappa shape index (κ2) is 8.05. The maximum Gasteiger partial charge on any atom is 0.330 e. The molecule has 68 valence electrons. The summed E-state index contributed by atoms with van der Waals surface area (Å²) in [7, 11) is 0. The molecule has 0 bridgehead atoms. The van der Waals surface area contributed by atoms with Crippen LogP contribution in [-0.4, -0.2) is 12.6 Å². The minimum Gasteiger partial charge on any atom is -0.463 e. The van der Waals surface area contributed by atoms with Gasteiger partial charge in [0, 0.05) is 6.08 Å². The number of hydrogen-bond acceptors (Lipinski definition) is 2. The number of carbonyl (C=O) groups excluding carboxylic acids is 1. The van der Waals surface area contributed by atoms with E-state index in [-0.39, 0.29) is 5.97 Å². The molecule has 0 radical (unpaired) electrons. The summed E-state index contributed by atoms with van der Waals surface area (Å²) in [5, 5.41) is 0. The highest BCUT2D eigenvalue weighted by Gasteiger charge is 1.93. The van der Waals surface area contributed by atoms with E-state index in [1.807, 2.05) is 0 Å². The van der Waals surface area contributed by atoms with Crippen LogP contribution in [0.2, 0.25) is 0 Å². The van der Waals surface area contributed by atoms with Crippen molar-refractivity contribution >= 4 is 5.97 Å². The molecule has 0 amide bonds. The van der Waals surface area contributed by atoms with Crippen LogP contribution in [0, 0.1) is 0 Å². The average Bonchev–Trinajstić information content (AvgIpc) is 2.06. The first-order valence-electron chi connectivity index (χ1n) is 4.25. The van der Waals surface area contributed by atoms with E-state index in [1.54, 1.807) is 12.2 Å². The van der Waals surface area contributed by atoms with Gasteiger partial charge in [0.1, 0.15) is 0 Å². The number of ether oxygens (including phenoxy) is 1. The summed E-state index contributed by atoms with van der Waals surface area (Å²) in [6, 6.07) is 0. The van der Waals surface area contributed by atoms with Crippen molar-refractivity contribution in [1.82, 2.24) is 0 Å². The van der Waals surface area contributed by atoms with Gasteiger partial charge >= 0.3 is 5.97 Å². The van der Waals surface area contributed by atoms with Crippen LogP contribution in [0.3, 0.4) is 0 Å². The predicted octanol–water partition coefficient (Wildman–Crippen LogP) is 2.46. The lowest BCUT2D eigenvalue weighted by atomic mass is 10.3. The van der Waals surface area contributed by atoms with Gasteiger partial charge in [0.15, 0.2) is 0 Å². The second-order valence-electron chi connectivity index (χ2n) is 2.45. The van der Waals surface area contributed by atoms with Crippen LogP contribution in [-0.2, 0) is 9.53 Å². The molecule has 0 rings (SSSR count). The third-order valence-corrected chi connectivity index (χ3v) is 1.30. The van der Waals surface area contributed by atoms with Crippen molar-refractivity contribution in [2.45, 2.75) is 26.2 Å². The van der Waals surface area contributed by atoms with Gasteiger partial charge in [-0.25, -0.2) is 4.79 Å². The number of rotatable bonds is 6. The fraction of sp³-hybridized carbons (Fsp3) is 0.500. The summed E-state index contributed by atoms with van der Waals surface area (Å²) in [5.41, 5.74) is 0. The largest absolute Gasteiger partial charge is 0.463 e. The van der Waals surface area contributed by atoms with Crippen molar-refractivity contribution in [2.75, 3.05) is 6.61 Å². The van der Waals surface area contributed by atoms with Crippen LogP contribution < -0.4 is 0 Å². The Hall–Kier alpha value is -1.05. The highest BCUT2D eigenvalue weighted by Crippen LogP contribution is 1.90. The normalized spacial score (nSPS) is 10.1. The summed E-state index contributed by atoms with van der Waals surface area (Å²) in [4.78, 5) is 10.8. The van der Waals surface area contributed by atoms with Crippen LogP contribution in [0.25, 0.3) is 0 Å². The van der Waals surface area contributed by atoms with Gasteiger partial charge in [-0.3, -0.25) is 0 Å². The molecule has 0 heterocycles. The minimum absolute atomic E-state index is 0.259. The maximum atomic E-state index is 10.8. The topological polar surface area (TPSA) is 26.3 Å². The van der Waals surface area contributed by atoms with Crippen LogP contribution in [0.1, 0.15) is 26.2 Å². The Morgan fingerprint density at radius 1 is 1.58 bits per heavy atom. The van der Waals surface area contributed by atoms with E-state index in [1.165, 1.54) is 6.08 Å². The molecule has 0 aliphatic rings. The van der Waals surface area contributed by atoms with E-state index < -0.39 is 0 Å². The van der Waals surface area contributed by atoms with Crippen molar-refractivity contribution in [3.8, 4) is 0 Å². The molecule has 0 N–H and O–H groups in total. The maximum absolute atomic E-state index is 10.8. The standard InChI is InChI=1S/C10H16O2/c1-3-5-7-8-10(11)12-9-6-4-2/h3,7-8H,1,4-6,9H2,2H3/b8-7+. The lowest BCUT2D eigenvalue weighted by molar-refractivity contribution is -0.137. The first-order chi connectivity index (χ1) is 5.81. The van der Waals surface area contributed by atoms with Crippen molar-refractivity contribution < 1.29 is 9.53 Å². The molecular formula is C10H16O2. The van der Waals surface area contributed by atoms with Crippen LogP contribution in [0.5, 0.6) is 0 Å². The Bertz CT molecular complexity index is 159. The Kier molecular flexibility index (Phi) is 7.35. The van der Waals surface area contributed by atoms with Gasteiger partial charge in [-0.2, -0.15) is 0 Å². The molecule has 0 aromatic rings. The number of hydrogen-bond donors (Lipinski definition) is 0. The highest BCUT2D eigenvalue weighted by atomic mass is 16.5. The van der Waals surface area contributed by atoms with Crippen LogP contribution in [0.4, 0.5) is 0 Å². The smallest absolute Gasteiger partial charge is 0.330 e. The molecule has 0 atom stereocenters. The summed E-state index contributed by atoms with van der Waals surface area (Å²) >= 11 is 0. The zero-order valence-corrected chi connectivity index (χ0v) is 7.58. The predicted molar refractivity (Wildman–Crippen MR) is 49.8 cm³/mol. The monoisotopic (exact) mass is 168 g/mol. The molecule has 0 aliphatic carbocycles. The lowest BCUT2D eigenvalue weighted by Gasteiger charge is -1.98. The molecule has 0 saturated heterocycles. The quantitative estimate of drug-likeness (QED) is 0.263. The van der Waals surface area contributed by atoms with Crippen molar-refractivity contribution in [3.63, 3.8) is 0 Å². The number of carbonyl (C=O) groups is 1. The Morgan fingerprint density at radius 3 is 2.92 bits per heavy atom. The van der Waals surface area contributed by atoms with Crippen molar-refractivity contribution in [1.29, 1.82) is 0 Å². The second-order valence-corrected chi connectivity index (χ2v) is 2.45. The summed E-state index contributed by atoms with van der Waals surface area (Å²) < 4.78 is 4.87. The molecule has 0 saturated carbocycles. The van der Waals surface area contributed by atoms with E-state index >= 15 is 0 Å². The first kappa shape index (κ1) is 11.0. The number of unbranched alkanes of at least 4 members (excludes halogenated alkanes) is 1. The summed E-state index contributed by atoms with van der Waals surface area (Å²) in [5.74, 6) is -0.259. The summed E-state index contributed by atoms with van der Waals surface area (Å²) in [6.07, 6.45) is 7.60. The molecule has 0 aromatic carbocycles. The minimum atomic E-state index is -0.259. The van der Waals surface area contributed by atoms with E-state index in [4.69, 9.17) is 4.74 Å². The molecule has 2 heteroatoms. The van der Waals surface area contributed by atoms with Gasteiger partial charge in [-0.05, 0) is 12.8 Å². The zero-order valence-electron chi connectivity index (χ0n) is 7.58. The molecule has 0 aliphatic heterocycles. The highest BCUT2D eigenvalue weighted by molar-refractivity contribution is 5.81. The van der Waals surface area contributed by atoms with Gasteiger partial charge in [-0.15, -0.1) is 6.58 Å². The van der Waals surface area contributed by atoms with E-state index in [2.05, 4.69) is 13.5 Å². The lowest BCUT2D eigenvalue weighted by Crippen LogP contribution is -2.01. The van der Waals surface area contributed by atoms with E-state index in [0.717, 1.165) is 12.8 Å². The van der Waals surface area contributed by atoms with Crippen LogP contribution >= 0.6 is 0 Å². The van der Waals surface area contributed by atoms with Crippen molar-refractivity contribution in [3.05, 3.63) is 24.8 Å². The molecular weight excluding hydrogens is 152 g/mol. The van der Waals surface area contributed by atoms with Gasteiger partial charge in [0.05, 0.1) is 6.61 Å². The fourth-order valence-electron chi connectivity index (χ4n) is 0.626. The molecule has 0 spiro atoms. The SMILES string of the molecule is C=CC/C=C/C(=O)OCCCC. The van der Waals surface area contributed by atoms with Gasteiger partial charge in [0.2, 0.25) is 0 Å². The summed E-state index contributed by atoms with van der Waals surface area (Å²) in [6.45, 7) is 6.11. The van der Waals surface area contributed by atoms with Gasteiger partial charge < -0.3 is 4.74 Å². The number of allylic oxidation sites excluding steroid dienone is 2. The molecule has 12 heavy (non-hydrogen) atoms. The van der Waals surface area contributed by atoms with Gasteiger partial charge in [-0.1, -0.05) is 25.5 Å². The van der Waals surface area contributed by atoms with E-state index in [0.29, 0.717) is 13.0 Å². The molecule has 0 fully saturated rings. The van der Waals surface area contributed by atoms with Gasteiger partial charge in [0.25, 0.3) is 0 Å². The van der Waals surface area contributed by atoms with E-state index in [9.17, 15) is 4.79 Å². The third kappa shape index (κ3) is 7.06. The Balaban J connectivity index is 3.38. The molecule has 0 aromatic heterocycles. The average molecular weight is 168 g/mol. The fourth-order valence-corrected chi connectivity index (χ4v) is 0.626. The Morgan fingerprint density at radius 2 is 2.33 bits per heavy atom.